The fourth-order valence-corrected chi connectivity index (χ4v) is 9.03. The number of carbonyl (C=O) groups is 5. The standard InChI is InChI=1S/C32H44O9/c1-15(11-18(34)12-16(2)28(39)40)19-13-23(37)32(8)24-20(35)14-21-29(4,5)22(36)9-10-30(21,6)25(24)26(38)27(31(19,32)7)41-17(3)33/h11,16,19-22,27,35-36H,9-10,12-14H2,1-8H3,(H,39,40). The fourth-order valence-electron chi connectivity index (χ4n) is 9.03. The van der Waals surface area contributed by atoms with Gasteiger partial charge in [0.1, 0.15) is 5.78 Å². The summed E-state index contributed by atoms with van der Waals surface area (Å²) in [7, 11) is 0. The first-order chi connectivity index (χ1) is 18.8. The first kappa shape index (κ1) is 31.3. The zero-order chi connectivity index (χ0) is 31.0. The van der Waals surface area contributed by atoms with E-state index in [9.17, 15) is 39.3 Å². The van der Waals surface area contributed by atoms with Crippen LogP contribution in [0.3, 0.4) is 0 Å². The minimum Gasteiger partial charge on any atom is -0.481 e. The number of carboxylic acids is 1. The number of rotatable bonds is 6. The van der Waals surface area contributed by atoms with E-state index in [0.29, 0.717) is 29.6 Å². The number of ether oxygens (including phenoxy) is 1. The van der Waals surface area contributed by atoms with E-state index in [1.165, 1.54) is 19.9 Å². The Morgan fingerprint density at radius 3 is 2.24 bits per heavy atom. The van der Waals surface area contributed by atoms with Crippen LogP contribution in [0.4, 0.5) is 0 Å². The van der Waals surface area contributed by atoms with E-state index in [1.807, 2.05) is 20.8 Å². The molecule has 4 aliphatic rings. The van der Waals surface area contributed by atoms with Crippen molar-refractivity contribution in [2.75, 3.05) is 0 Å². The van der Waals surface area contributed by atoms with Crippen molar-refractivity contribution in [1.82, 2.24) is 0 Å². The molecule has 4 rings (SSSR count). The van der Waals surface area contributed by atoms with Crippen LogP contribution >= 0.6 is 0 Å². The Hall–Kier alpha value is -2.65. The zero-order valence-corrected chi connectivity index (χ0v) is 25.4. The van der Waals surface area contributed by atoms with E-state index >= 15 is 0 Å². The molecule has 0 aromatic rings. The number of ketones is 3. The lowest BCUT2D eigenvalue weighted by Crippen LogP contribution is -2.65. The van der Waals surface area contributed by atoms with E-state index in [4.69, 9.17) is 4.74 Å². The highest BCUT2D eigenvalue weighted by Gasteiger charge is 2.74. The minimum atomic E-state index is -1.37. The maximum Gasteiger partial charge on any atom is 0.306 e. The van der Waals surface area contributed by atoms with E-state index in [0.717, 1.165) is 0 Å². The van der Waals surface area contributed by atoms with Crippen molar-refractivity contribution in [3.63, 3.8) is 0 Å². The average Bonchev–Trinajstić information content (AvgIpc) is 3.07. The number of aliphatic hydroxyl groups is 2. The van der Waals surface area contributed by atoms with Crippen molar-refractivity contribution in [3.05, 3.63) is 22.8 Å². The number of carbonyl (C=O) groups excluding carboxylic acids is 4. The van der Waals surface area contributed by atoms with Gasteiger partial charge in [-0.25, -0.2) is 0 Å². The quantitative estimate of drug-likeness (QED) is 0.320. The lowest BCUT2D eigenvalue weighted by Gasteiger charge is -2.62. The summed E-state index contributed by atoms with van der Waals surface area (Å²) in [5.74, 6) is -4.66. The van der Waals surface area contributed by atoms with Gasteiger partial charge >= 0.3 is 11.9 Å². The average molecular weight is 573 g/mol. The Labute approximate surface area is 241 Å². The van der Waals surface area contributed by atoms with Gasteiger partial charge in [0.2, 0.25) is 5.78 Å². The summed E-state index contributed by atoms with van der Waals surface area (Å²) in [6.45, 7) is 13.6. The molecular weight excluding hydrogens is 528 g/mol. The normalized spacial score (nSPS) is 40.8. The summed E-state index contributed by atoms with van der Waals surface area (Å²) in [5, 5.41) is 31.9. The molecule has 9 unspecified atom stereocenters. The summed E-state index contributed by atoms with van der Waals surface area (Å²) in [6.07, 6.45) is -0.793. The van der Waals surface area contributed by atoms with Crippen molar-refractivity contribution < 1.29 is 44.0 Å². The number of aliphatic carboxylic acids is 1. The second kappa shape index (κ2) is 9.97. The van der Waals surface area contributed by atoms with Crippen molar-refractivity contribution in [2.24, 2.45) is 39.4 Å². The predicted octanol–water partition coefficient (Wildman–Crippen LogP) is 3.59. The molecule has 3 N–H and O–H groups in total. The SMILES string of the molecule is CC(=O)OC1C(=O)C2=C(C(O)CC3C2(C)CCC(O)C3(C)C)C2(C)C(=O)CC(C(C)=CC(=O)CC(C)C(=O)O)C12C. The molecule has 0 amide bonds. The molecule has 9 nitrogen and oxygen atoms in total. The van der Waals surface area contributed by atoms with Crippen LogP contribution in [0.1, 0.15) is 87.5 Å². The highest BCUT2D eigenvalue weighted by Crippen LogP contribution is 2.71. The third-order valence-electron chi connectivity index (χ3n) is 11.6. The summed E-state index contributed by atoms with van der Waals surface area (Å²) < 4.78 is 5.80. The van der Waals surface area contributed by atoms with Gasteiger partial charge in [0.15, 0.2) is 11.9 Å². The van der Waals surface area contributed by atoms with Gasteiger partial charge in [0, 0.05) is 30.8 Å². The third kappa shape index (κ3) is 4.29. The summed E-state index contributed by atoms with van der Waals surface area (Å²) >= 11 is 0. The van der Waals surface area contributed by atoms with E-state index < -0.39 is 75.3 Å². The van der Waals surface area contributed by atoms with E-state index in [-0.39, 0.29) is 31.0 Å². The molecule has 0 aliphatic heterocycles. The Morgan fingerprint density at radius 2 is 1.68 bits per heavy atom. The Bertz CT molecular complexity index is 1270. The van der Waals surface area contributed by atoms with Gasteiger partial charge in [-0.05, 0) is 67.4 Å². The number of Topliss-reactive ketones (excluding diaryl/α,β-unsaturated/α-hetero) is 2. The second-order valence-electron chi connectivity index (χ2n) is 14.1. The molecule has 9 heteroatoms. The van der Waals surface area contributed by atoms with Crippen molar-refractivity contribution in [3.8, 4) is 0 Å². The second-order valence-corrected chi connectivity index (χ2v) is 14.1. The maximum atomic E-state index is 14.6. The highest BCUT2D eigenvalue weighted by molar-refractivity contribution is 6.08. The van der Waals surface area contributed by atoms with Crippen molar-refractivity contribution in [2.45, 2.75) is 106 Å². The number of aliphatic hydroxyl groups excluding tert-OH is 2. The molecule has 2 fully saturated rings. The molecular formula is C32H44O9. The molecule has 0 heterocycles. The predicted molar refractivity (Wildman–Crippen MR) is 148 cm³/mol. The molecule has 41 heavy (non-hydrogen) atoms. The number of carboxylic acid groups (broad SMARTS) is 1. The molecule has 0 radical (unpaired) electrons. The van der Waals surface area contributed by atoms with Gasteiger partial charge in [0.25, 0.3) is 0 Å². The van der Waals surface area contributed by atoms with Crippen LogP contribution in [-0.4, -0.2) is 62.9 Å². The van der Waals surface area contributed by atoms with Crippen LogP contribution in [-0.2, 0) is 28.7 Å². The van der Waals surface area contributed by atoms with E-state index in [2.05, 4.69) is 0 Å². The number of allylic oxidation sites excluding steroid dienone is 2. The molecule has 9 atom stereocenters. The van der Waals surface area contributed by atoms with Gasteiger partial charge in [-0.1, -0.05) is 40.2 Å². The third-order valence-corrected chi connectivity index (χ3v) is 11.6. The zero-order valence-electron chi connectivity index (χ0n) is 25.4. The Morgan fingerprint density at radius 1 is 1.07 bits per heavy atom. The topological polar surface area (TPSA) is 155 Å². The smallest absolute Gasteiger partial charge is 0.306 e. The lowest BCUT2D eigenvalue weighted by atomic mass is 9.42. The summed E-state index contributed by atoms with van der Waals surface area (Å²) in [6, 6.07) is 0. The Kier molecular flexibility index (Phi) is 7.61. The largest absolute Gasteiger partial charge is 0.481 e. The lowest BCUT2D eigenvalue weighted by molar-refractivity contribution is -0.175. The Balaban J connectivity index is 1.93. The fraction of sp³-hybridized carbons (Fsp3) is 0.719. The number of hydrogen-bond acceptors (Lipinski definition) is 8. The summed E-state index contributed by atoms with van der Waals surface area (Å²) in [4.78, 5) is 65.3. The molecule has 0 spiro atoms. The molecule has 226 valence electrons. The molecule has 0 bridgehead atoms. The molecule has 2 saturated carbocycles. The highest BCUT2D eigenvalue weighted by atomic mass is 16.5. The van der Waals surface area contributed by atoms with Crippen LogP contribution in [0.5, 0.6) is 0 Å². The van der Waals surface area contributed by atoms with Gasteiger partial charge in [-0.15, -0.1) is 0 Å². The van der Waals surface area contributed by atoms with Crippen molar-refractivity contribution in [1.29, 1.82) is 0 Å². The van der Waals surface area contributed by atoms with E-state index in [1.54, 1.807) is 20.8 Å². The van der Waals surface area contributed by atoms with Crippen LogP contribution in [0, 0.1) is 39.4 Å². The number of esters is 1. The van der Waals surface area contributed by atoms with Gasteiger partial charge in [-0.3, -0.25) is 24.0 Å². The maximum absolute atomic E-state index is 14.6. The molecule has 0 aromatic heterocycles. The van der Waals surface area contributed by atoms with Gasteiger partial charge in [-0.2, -0.15) is 0 Å². The molecule has 0 saturated heterocycles. The monoisotopic (exact) mass is 572 g/mol. The van der Waals surface area contributed by atoms with Crippen LogP contribution in [0.15, 0.2) is 22.8 Å². The minimum absolute atomic E-state index is 0.0318. The van der Waals surface area contributed by atoms with Crippen LogP contribution in [0.2, 0.25) is 0 Å². The number of hydrogen-bond donors (Lipinski definition) is 3. The van der Waals surface area contributed by atoms with Gasteiger partial charge in [0.05, 0.1) is 23.5 Å². The summed E-state index contributed by atoms with van der Waals surface area (Å²) in [5.41, 5.74) is -2.83. The molecule has 4 aliphatic carbocycles. The first-order valence-electron chi connectivity index (χ1n) is 14.6. The van der Waals surface area contributed by atoms with Crippen molar-refractivity contribution >= 4 is 29.3 Å². The molecule has 0 aromatic carbocycles. The number of fused-ring (bicyclic) bond motifs is 4. The van der Waals surface area contributed by atoms with Gasteiger partial charge < -0.3 is 20.1 Å². The van der Waals surface area contributed by atoms with Crippen LogP contribution in [0.25, 0.3) is 0 Å². The first-order valence-corrected chi connectivity index (χ1v) is 14.6. The van der Waals surface area contributed by atoms with Crippen LogP contribution < -0.4 is 0 Å².